The van der Waals surface area contributed by atoms with E-state index in [9.17, 15) is 31.1 Å². The van der Waals surface area contributed by atoms with Crippen LogP contribution in [0.4, 0.5) is 26.3 Å². The van der Waals surface area contributed by atoms with Crippen LogP contribution in [0.2, 0.25) is 0 Å². The van der Waals surface area contributed by atoms with Gasteiger partial charge in [0.25, 0.3) is 6.10 Å². The Kier molecular flexibility index (Phi) is 9.51. The minimum absolute atomic E-state index is 0. The molecule has 2 rings (SSSR count). The second-order valence-electron chi connectivity index (χ2n) is 6.10. The summed E-state index contributed by atoms with van der Waals surface area (Å²) in [4.78, 5) is 11.4. The Morgan fingerprint density at radius 1 is 1.00 bits per heavy atom. The summed E-state index contributed by atoms with van der Waals surface area (Å²) in [6, 6.07) is 10.3. The van der Waals surface area contributed by atoms with Crippen LogP contribution in [0.3, 0.4) is 0 Å². The first-order chi connectivity index (χ1) is 12.9. The summed E-state index contributed by atoms with van der Waals surface area (Å²) in [5.41, 5.74) is 1.05. The zero-order valence-electron chi connectivity index (χ0n) is 15.9. The number of alkyl halides is 6. The Hall–Kier alpha value is -0.775. The average Bonchev–Trinajstić information content (AvgIpc) is 2.61. The topological polar surface area (TPSA) is 35.5 Å². The zero-order valence-corrected chi connectivity index (χ0v) is 20.9. The van der Waals surface area contributed by atoms with Crippen molar-refractivity contribution in [1.82, 2.24) is 0 Å². The van der Waals surface area contributed by atoms with Crippen LogP contribution in [0.25, 0.3) is 10.8 Å². The number of hydrogen-bond donors (Lipinski definition) is 0. The molecule has 0 heterocycles. The maximum atomic E-state index is 12.4. The molecule has 29 heavy (non-hydrogen) atoms. The predicted molar refractivity (Wildman–Crippen MR) is 89.7 cm³/mol. The number of ether oxygens (including phenoxy) is 2. The van der Waals surface area contributed by atoms with Crippen molar-refractivity contribution in [3.8, 4) is 5.75 Å². The number of hydrogen-bond acceptors (Lipinski definition) is 3. The summed E-state index contributed by atoms with van der Waals surface area (Å²) in [5.74, 6) is -0.471. The van der Waals surface area contributed by atoms with E-state index in [0.717, 1.165) is 22.8 Å². The van der Waals surface area contributed by atoms with Crippen LogP contribution in [-0.4, -0.2) is 31.0 Å². The van der Waals surface area contributed by atoms with E-state index in [1.165, 1.54) is 18.1 Å². The zero-order chi connectivity index (χ0) is 21.1. The molecule has 0 aliphatic heterocycles. The van der Waals surface area contributed by atoms with Gasteiger partial charge >= 0.3 is 76.5 Å². The number of fused-ring (bicyclic) bond motifs is 1. The molecule has 0 atom stereocenters. The van der Waals surface area contributed by atoms with E-state index in [1.807, 2.05) is 26.0 Å². The fraction of sp³-hybridized carbons (Fsp3) is 0.368. The molecule has 0 aromatic heterocycles. The normalized spacial score (nSPS) is 11.9. The van der Waals surface area contributed by atoms with Crippen molar-refractivity contribution in [2.24, 2.45) is 0 Å². The van der Waals surface area contributed by atoms with E-state index in [-0.39, 0.29) is 63.9 Å². The summed E-state index contributed by atoms with van der Waals surface area (Å²) in [6.07, 6.45) is -14.8. The smallest absolute Gasteiger partial charge is 0.482 e. The first-order valence-electron chi connectivity index (χ1n) is 8.24. The minimum atomic E-state index is -5.76. The van der Waals surface area contributed by atoms with Crippen molar-refractivity contribution in [3.05, 3.63) is 47.9 Å². The molecular formula is C19H17F6O3Rb. The summed E-state index contributed by atoms with van der Waals surface area (Å²) in [5, 5.41) is 1.61. The van der Waals surface area contributed by atoms with Crippen molar-refractivity contribution in [2.75, 3.05) is 6.61 Å². The van der Waals surface area contributed by atoms with Crippen molar-refractivity contribution < 1.29 is 98.8 Å². The molecule has 3 nitrogen and oxygen atoms in total. The van der Waals surface area contributed by atoms with Crippen LogP contribution in [0.15, 0.2) is 36.4 Å². The van der Waals surface area contributed by atoms with Gasteiger partial charge in [0.2, 0.25) is 0 Å². The van der Waals surface area contributed by atoms with Crippen molar-refractivity contribution in [2.45, 2.75) is 38.7 Å². The SMILES string of the molecule is CC[C-](C)c1ccc2cc(OCC(=O)OC(C(F)(F)F)C(F)(F)F)ccc2c1.[Rb+]. The largest absolute Gasteiger partial charge is 1.00 e. The maximum Gasteiger partial charge on any atom is 1.00 e. The Balaban J connectivity index is 0.00000420. The van der Waals surface area contributed by atoms with E-state index in [4.69, 9.17) is 4.74 Å². The Labute approximate surface area is 212 Å². The molecule has 0 aliphatic rings. The molecule has 0 N–H and O–H groups in total. The Morgan fingerprint density at radius 3 is 2.10 bits per heavy atom. The van der Waals surface area contributed by atoms with Gasteiger partial charge in [-0.3, -0.25) is 0 Å². The van der Waals surface area contributed by atoms with E-state index < -0.39 is 31.0 Å². The summed E-state index contributed by atoms with van der Waals surface area (Å²) >= 11 is 0. The fourth-order valence-electron chi connectivity index (χ4n) is 2.41. The molecule has 0 fully saturated rings. The molecule has 2 aromatic carbocycles. The van der Waals surface area contributed by atoms with Crippen molar-refractivity contribution in [3.63, 3.8) is 0 Å². The minimum Gasteiger partial charge on any atom is -0.482 e. The molecule has 0 saturated carbocycles. The van der Waals surface area contributed by atoms with Gasteiger partial charge in [0.1, 0.15) is 5.75 Å². The molecule has 0 unspecified atom stereocenters. The standard InChI is InChI=1S/C19H17F6O3.Rb/c1-3-11(2)12-4-5-14-9-15(7-6-13(14)8-12)27-10-16(26)28-17(18(20,21)22)19(23,24)25;/h4-9,17H,3,10H2,1-2H3;/q-1;+1. The molecule has 0 spiro atoms. The predicted octanol–water partition coefficient (Wildman–Crippen LogP) is 2.61. The number of halogens is 6. The van der Waals surface area contributed by atoms with Gasteiger partial charge < -0.3 is 9.47 Å². The summed E-state index contributed by atoms with van der Waals surface area (Å²) < 4.78 is 82.8. The molecule has 0 bridgehead atoms. The van der Waals surface area contributed by atoms with Crippen LogP contribution in [-0.2, 0) is 9.53 Å². The number of carbonyl (C=O) groups is 1. The molecule has 0 radical (unpaired) electrons. The maximum absolute atomic E-state index is 12.4. The van der Waals surface area contributed by atoms with Crippen molar-refractivity contribution in [1.29, 1.82) is 0 Å². The van der Waals surface area contributed by atoms with Gasteiger partial charge in [-0.25, -0.2) is 4.79 Å². The quantitative estimate of drug-likeness (QED) is 0.353. The third-order valence-corrected chi connectivity index (χ3v) is 4.04. The molecule has 0 aliphatic carbocycles. The van der Waals surface area contributed by atoms with Crippen LogP contribution < -0.4 is 62.9 Å². The third-order valence-electron chi connectivity index (χ3n) is 4.04. The second kappa shape index (κ2) is 10.5. The second-order valence-corrected chi connectivity index (χ2v) is 6.10. The molecule has 10 heteroatoms. The van der Waals surface area contributed by atoms with E-state index in [0.29, 0.717) is 0 Å². The van der Waals surface area contributed by atoms with Crippen LogP contribution in [0.1, 0.15) is 25.8 Å². The molecule has 2 aromatic rings. The van der Waals surface area contributed by atoms with Gasteiger partial charge in [0.05, 0.1) is 0 Å². The molecule has 0 amide bonds. The van der Waals surface area contributed by atoms with Gasteiger partial charge in [-0.05, 0) is 17.5 Å². The van der Waals surface area contributed by atoms with Crippen LogP contribution in [0, 0.1) is 5.92 Å². The van der Waals surface area contributed by atoms with Gasteiger partial charge in [-0.1, -0.05) is 31.7 Å². The van der Waals surface area contributed by atoms with Gasteiger partial charge in [-0.15, -0.1) is 6.07 Å². The summed E-state index contributed by atoms with van der Waals surface area (Å²) in [6.45, 7) is 2.94. The van der Waals surface area contributed by atoms with Crippen LogP contribution in [0.5, 0.6) is 5.75 Å². The van der Waals surface area contributed by atoms with Crippen molar-refractivity contribution >= 4 is 16.7 Å². The first kappa shape index (κ1) is 26.3. The number of benzene rings is 2. The Bertz CT molecular complexity index is 821. The average molecular weight is 493 g/mol. The first-order valence-corrected chi connectivity index (χ1v) is 8.24. The van der Waals surface area contributed by atoms with Gasteiger partial charge in [-0.2, -0.15) is 50.0 Å². The van der Waals surface area contributed by atoms with Gasteiger partial charge in [0, 0.05) is 0 Å². The monoisotopic (exact) mass is 492 g/mol. The number of rotatable bonds is 6. The molecular weight excluding hydrogens is 476 g/mol. The van der Waals surface area contributed by atoms with E-state index in [1.54, 1.807) is 12.1 Å². The molecule has 154 valence electrons. The summed E-state index contributed by atoms with van der Waals surface area (Å²) in [7, 11) is 0. The van der Waals surface area contributed by atoms with E-state index in [2.05, 4.69) is 4.74 Å². The van der Waals surface area contributed by atoms with Gasteiger partial charge in [0.15, 0.2) is 6.61 Å². The Morgan fingerprint density at radius 2 is 1.55 bits per heavy atom. The number of carbonyl (C=O) groups excluding carboxylic acids is 1. The number of esters is 1. The van der Waals surface area contributed by atoms with E-state index >= 15 is 0 Å². The molecule has 0 saturated heterocycles. The fourth-order valence-corrected chi connectivity index (χ4v) is 2.41. The van der Waals surface area contributed by atoms with Crippen LogP contribution >= 0.6 is 0 Å². The third kappa shape index (κ3) is 7.45.